The number of rotatable bonds is 14. The van der Waals surface area contributed by atoms with Crippen LogP contribution < -0.4 is 20.7 Å². The number of hydrogen-bond acceptors (Lipinski definition) is 9. The number of hydrogen-bond donors (Lipinski definition) is 4. The molecule has 4 N–H and O–H groups in total. The van der Waals surface area contributed by atoms with Crippen LogP contribution in [0.3, 0.4) is 0 Å². The molecule has 3 fully saturated rings. The number of nitrogens with one attached hydrogen (secondary N) is 3. The van der Waals surface area contributed by atoms with Crippen molar-refractivity contribution in [3.63, 3.8) is 0 Å². The van der Waals surface area contributed by atoms with Crippen LogP contribution in [0, 0.1) is 0 Å². The zero-order valence-electron chi connectivity index (χ0n) is 26.8. The molecule has 258 valence electrons. The summed E-state index contributed by atoms with van der Waals surface area (Å²) in [5, 5.41) is 22.1. The van der Waals surface area contributed by atoms with Crippen molar-refractivity contribution in [1.82, 2.24) is 35.5 Å². The molecule has 2 aromatic rings. The van der Waals surface area contributed by atoms with E-state index in [0.717, 1.165) is 19.3 Å². The fourth-order valence-corrected chi connectivity index (χ4v) is 5.57. The molecule has 2 aliphatic carbocycles. The molecule has 1 aliphatic heterocycles. The van der Waals surface area contributed by atoms with Gasteiger partial charge in [-0.25, -0.2) is 9.48 Å². The van der Waals surface area contributed by atoms with Crippen LogP contribution in [0.25, 0.3) is 5.69 Å². The van der Waals surface area contributed by atoms with E-state index >= 15 is 0 Å². The van der Waals surface area contributed by atoms with Crippen LogP contribution in [0.4, 0.5) is 4.79 Å². The number of nitrogens with zero attached hydrogens (tertiary/aromatic N) is 4. The quantitative estimate of drug-likeness (QED) is 0.224. The first-order valence-electron chi connectivity index (χ1n) is 16.2. The maximum absolute atomic E-state index is 13.5. The standard InChI is InChI=1S/C32H41N7O9/c1-2-47-31(46)38-17-15-37(16-18-38)29(44)23(11-12-27(41)42)34-28(43)24-19-26(39(36-24)22-7-4-3-5-8-22)48-20-25(40)35-32(13-6-14-32)30(45)33-21-9-10-21/h3-5,7-8,19,21,23H,2,6,9-18,20H2,1H3,(H,33,45)(H,34,43)(H,35,40)(H,41,42)/t23-/m0/s1. The summed E-state index contributed by atoms with van der Waals surface area (Å²) in [7, 11) is 0. The lowest BCUT2D eigenvalue weighted by Crippen LogP contribution is -2.63. The summed E-state index contributed by atoms with van der Waals surface area (Å²) in [4.78, 5) is 79.1. The summed E-state index contributed by atoms with van der Waals surface area (Å²) in [6.07, 6.45) is 2.73. The number of aromatic nitrogens is 2. The Balaban J connectivity index is 1.27. The number of aliphatic carboxylic acids is 1. The van der Waals surface area contributed by atoms with Gasteiger partial charge >= 0.3 is 12.1 Å². The molecule has 2 saturated carbocycles. The van der Waals surface area contributed by atoms with Crippen molar-refractivity contribution in [2.45, 2.75) is 69.5 Å². The second-order valence-corrected chi connectivity index (χ2v) is 12.1. The molecular weight excluding hydrogens is 626 g/mol. The lowest BCUT2D eigenvalue weighted by Gasteiger charge is -2.40. The van der Waals surface area contributed by atoms with Gasteiger partial charge in [-0.1, -0.05) is 18.2 Å². The highest BCUT2D eigenvalue weighted by molar-refractivity contribution is 5.97. The van der Waals surface area contributed by atoms with E-state index in [9.17, 15) is 33.9 Å². The van der Waals surface area contributed by atoms with Gasteiger partial charge in [-0.05, 0) is 57.6 Å². The lowest BCUT2D eigenvalue weighted by molar-refractivity contribution is -0.138. The maximum atomic E-state index is 13.5. The zero-order chi connectivity index (χ0) is 34.3. The summed E-state index contributed by atoms with van der Waals surface area (Å²) in [5.41, 5.74) is -0.561. The molecule has 1 saturated heterocycles. The molecule has 2 heterocycles. The van der Waals surface area contributed by atoms with Crippen LogP contribution in [0.2, 0.25) is 0 Å². The maximum Gasteiger partial charge on any atom is 0.409 e. The van der Waals surface area contributed by atoms with Gasteiger partial charge in [0.1, 0.15) is 11.6 Å². The monoisotopic (exact) mass is 667 g/mol. The number of carbonyl (C=O) groups is 6. The summed E-state index contributed by atoms with van der Waals surface area (Å²) in [6.45, 7) is 2.30. The first kappa shape index (κ1) is 34.2. The largest absolute Gasteiger partial charge is 0.481 e. The Morgan fingerprint density at radius 2 is 1.71 bits per heavy atom. The minimum absolute atomic E-state index is 0.0649. The number of amides is 5. The van der Waals surface area contributed by atoms with E-state index in [1.54, 1.807) is 37.3 Å². The second kappa shape index (κ2) is 15.2. The molecule has 1 atom stereocenters. The van der Waals surface area contributed by atoms with Crippen molar-refractivity contribution in [3.8, 4) is 11.6 Å². The molecule has 16 heteroatoms. The van der Waals surface area contributed by atoms with Gasteiger partial charge in [-0.3, -0.25) is 24.0 Å². The summed E-state index contributed by atoms with van der Waals surface area (Å²) in [6, 6.07) is 9.07. The number of carboxylic acids is 1. The normalized spacial score (nSPS) is 17.4. The highest BCUT2D eigenvalue weighted by atomic mass is 16.6. The first-order valence-corrected chi connectivity index (χ1v) is 16.2. The highest BCUT2D eigenvalue weighted by Crippen LogP contribution is 2.33. The molecule has 5 amide bonds. The van der Waals surface area contributed by atoms with E-state index in [-0.39, 0.29) is 69.2 Å². The number of carbonyl (C=O) groups excluding carboxylic acids is 5. The van der Waals surface area contributed by atoms with Crippen LogP contribution in [0.15, 0.2) is 36.4 Å². The predicted molar refractivity (Wildman–Crippen MR) is 168 cm³/mol. The van der Waals surface area contributed by atoms with Gasteiger partial charge in [-0.15, -0.1) is 0 Å². The second-order valence-electron chi connectivity index (χ2n) is 12.1. The van der Waals surface area contributed by atoms with E-state index in [1.165, 1.54) is 20.5 Å². The van der Waals surface area contributed by atoms with E-state index in [4.69, 9.17) is 9.47 Å². The summed E-state index contributed by atoms with van der Waals surface area (Å²) >= 11 is 0. The fourth-order valence-electron chi connectivity index (χ4n) is 5.57. The molecule has 5 rings (SSSR count). The average Bonchev–Trinajstić information content (AvgIpc) is 3.78. The molecule has 1 aromatic carbocycles. The van der Waals surface area contributed by atoms with Crippen LogP contribution in [0.1, 0.15) is 62.4 Å². The van der Waals surface area contributed by atoms with Crippen molar-refractivity contribution in [2.75, 3.05) is 39.4 Å². The Bertz CT molecular complexity index is 1510. The van der Waals surface area contributed by atoms with Crippen molar-refractivity contribution >= 4 is 35.7 Å². The van der Waals surface area contributed by atoms with Crippen LogP contribution in [0.5, 0.6) is 5.88 Å². The van der Waals surface area contributed by atoms with Gasteiger partial charge in [0.25, 0.3) is 11.8 Å². The van der Waals surface area contributed by atoms with E-state index < -0.39 is 48.0 Å². The Labute approximate surface area is 277 Å². The van der Waals surface area contributed by atoms with Gasteiger partial charge in [0, 0.05) is 44.7 Å². The molecule has 1 aromatic heterocycles. The minimum Gasteiger partial charge on any atom is -0.481 e. The fraction of sp³-hybridized carbons (Fsp3) is 0.531. The number of ether oxygens (including phenoxy) is 2. The number of benzene rings is 1. The Kier molecular flexibility index (Phi) is 10.8. The average molecular weight is 668 g/mol. The topological polar surface area (TPSA) is 202 Å². The molecule has 16 nitrogen and oxygen atoms in total. The van der Waals surface area contributed by atoms with Crippen molar-refractivity contribution in [2.24, 2.45) is 0 Å². The summed E-state index contributed by atoms with van der Waals surface area (Å²) in [5.74, 6) is -3.00. The third-order valence-corrected chi connectivity index (χ3v) is 8.56. The Hall–Kier alpha value is -5.15. The molecule has 48 heavy (non-hydrogen) atoms. The van der Waals surface area contributed by atoms with Gasteiger partial charge in [0.2, 0.25) is 17.7 Å². The van der Waals surface area contributed by atoms with Gasteiger partial charge in [0.15, 0.2) is 12.3 Å². The Morgan fingerprint density at radius 3 is 2.31 bits per heavy atom. The van der Waals surface area contributed by atoms with Crippen molar-refractivity contribution in [1.29, 1.82) is 0 Å². The van der Waals surface area contributed by atoms with Crippen LogP contribution in [-0.2, 0) is 23.9 Å². The van der Waals surface area contributed by atoms with Gasteiger partial charge in [0.05, 0.1) is 12.3 Å². The van der Waals surface area contributed by atoms with Gasteiger partial charge < -0.3 is 40.3 Å². The lowest BCUT2D eigenvalue weighted by atomic mass is 9.76. The van der Waals surface area contributed by atoms with Crippen LogP contribution >= 0.6 is 0 Å². The van der Waals surface area contributed by atoms with Crippen molar-refractivity contribution < 1.29 is 43.3 Å². The van der Waals surface area contributed by atoms with Gasteiger partial charge in [-0.2, -0.15) is 5.10 Å². The smallest absolute Gasteiger partial charge is 0.409 e. The van der Waals surface area contributed by atoms with Crippen molar-refractivity contribution in [3.05, 3.63) is 42.1 Å². The molecule has 0 spiro atoms. The molecule has 3 aliphatic rings. The zero-order valence-corrected chi connectivity index (χ0v) is 26.8. The van der Waals surface area contributed by atoms with E-state index in [1.807, 2.05) is 0 Å². The minimum atomic E-state index is -1.18. The third-order valence-electron chi connectivity index (χ3n) is 8.56. The third kappa shape index (κ3) is 8.41. The van der Waals surface area contributed by atoms with Crippen LogP contribution in [-0.4, -0.2) is 117 Å². The Morgan fingerprint density at radius 1 is 1.02 bits per heavy atom. The summed E-state index contributed by atoms with van der Waals surface area (Å²) < 4.78 is 12.2. The highest BCUT2D eigenvalue weighted by Gasteiger charge is 2.46. The van der Waals surface area contributed by atoms with E-state index in [2.05, 4.69) is 21.0 Å². The number of carboxylic acid groups (broad SMARTS) is 1. The van der Waals surface area contributed by atoms with E-state index in [0.29, 0.717) is 18.5 Å². The first-order chi connectivity index (χ1) is 23.1. The number of piperazine rings is 1. The molecule has 0 bridgehead atoms. The SMILES string of the molecule is CCOC(=O)N1CCN(C(=O)[C@H](CCC(=O)O)NC(=O)c2cc(OCC(=O)NC3(C(=O)NC4CC4)CCC3)n(-c3ccccc3)n2)CC1. The predicted octanol–water partition coefficient (Wildman–Crippen LogP) is 0.833. The molecule has 0 radical (unpaired) electrons. The molecule has 0 unspecified atom stereocenters. The molecular formula is C32H41N7O9. The number of para-hydroxylation sites is 1.